The molecule has 0 spiro atoms. The molecule has 0 heterocycles. The van der Waals surface area contributed by atoms with Crippen molar-refractivity contribution in [2.45, 2.75) is 65.8 Å². The van der Waals surface area contributed by atoms with Gasteiger partial charge in [-0.1, -0.05) is 26.7 Å². The molecule has 1 saturated carbocycles. The number of nitrogens with one attached hydrogen (secondary N) is 1. The Bertz CT molecular complexity index is 180. The van der Waals surface area contributed by atoms with Crippen LogP contribution in [0.4, 0.5) is 0 Å². The van der Waals surface area contributed by atoms with Crippen LogP contribution in [-0.2, 0) is 0 Å². The van der Waals surface area contributed by atoms with E-state index in [0.29, 0.717) is 0 Å². The maximum atomic E-state index is 3.60. The number of hydrogen-bond acceptors (Lipinski definition) is 1. The van der Waals surface area contributed by atoms with Crippen molar-refractivity contribution in [1.29, 1.82) is 0 Å². The van der Waals surface area contributed by atoms with Crippen LogP contribution in [0.15, 0.2) is 0 Å². The van der Waals surface area contributed by atoms with Crippen molar-refractivity contribution >= 4 is 0 Å². The molecule has 0 saturated heterocycles. The summed E-state index contributed by atoms with van der Waals surface area (Å²) in [6.07, 6.45) is 5.72. The Morgan fingerprint density at radius 3 is 2.27 bits per heavy atom. The fraction of sp³-hybridized carbons (Fsp3) is 1.00. The Labute approximate surface area is 96.0 Å². The molecular weight excluding hydrogens is 182 g/mol. The van der Waals surface area contributed by atoms with Gasteiger partial charge in [-0.2, -0.15) is 0 Å². The van der Waals surface area contributed by atoms with Gasteiger partial charge in [-0.15, -0.1) is 0 Å². The molecule has 0 aliphatic heterocycles. The predicted molar refractivity (Wildman–Crippen MR) is 68.0 cm³/mol. The van der Waals surface area contributed by atoms with Crippen LogP contribution >= 0.6 is 0 Å². The van der Waals surface area contributed by atoms with E-state index in [1.807, 2.05) is 0 Å². The van der Waals surface area contributed by atoms with Gasteiger partial charge in [0.05, 0.1) is 0 Å². The van der Waals surface area contributed by atoms with Crippen LogP contribution in [0.25, 0.3) is 0 Å². The normalized spacial score (nSPS) is 33.0. The fourth-order valence-electron chi connectivity index (χ4n) is 2.57. The topological polar surface area (TPSA) is 12.0 Å². The van der Waals surface area contributed by atoms with E-state index in [2.05, 4.69) is 39.9 Å². The zero-order valence-electron chi connectivity index (χ0n) is 11.3. The standard InChI is InChI=1S/C14H29N/c1-11-6-7-13(10-12(11)2)8-9-15-14(3,4)5/h11-13,15H,6-10H2,1-5H3. The van der Waals surface area contributed by atoms with Crippen molar-refractivity contribution in [2.75, 3.05) is 6.54 Å². The van der Waals surface area contributed by atoms with E-state index in [0.717, 1.165) is 17.8 Å². The van der Waals surface area contributed by atoms with Crippen LogP contribution in [-0.4, -0.2) is 12.1 Å². The zero-order valence-corrected chi connectivity index (χ0v) is 11.3. The summed E-state index contributed by atoms with van der Waals surface area (Å²) in [7, 11) is 0. The van der Waals surface area contributed by atoms with Crippen molar-refractivity contribution in [3.05, 3.63) is 0 Å². The summed E-state index contributed by atoms with van der Waals surface area (Å²) in [6, 6.07) is 0. The second-order valence-electron chi connectivity index (χ2n) is 6.60. The Morgan fingerprint density at radius 2 is 1.73 bits per heavy atom. The van der Waals surface area contributed by atoms with E-state index >= 15 is 0 Å². The van der Waals surface area contributed by atoms with Gasteiger partial charge in [0.2, 0.25) is 0 Å². The van der Waals surface area contributed by atoms with Gasteiger partial charge in [0.15, 0.2) is 0 Å². The molecule has 0 aromatic carbocycles. The van der Waals surface area contributed by atoms with Crippen LogP contribution in [0.1, 0.15) is 60.3 Å². The molecular formula is C14H29N. The van der Waals surface area contributed by atoms with Crippen molar-refractivity contribution < 1.29 is 0 Å². The monoisotopic (exact) mass is 211 g/mol. The van der Waals surface area contributed by atoms with Crippen molar-refractivity contribution in [1.82, 2.24) is 5.32 Å². The van der Waals surface area contributed by atoms with E-state index in [9.17, 15) is 0 Å². The molecule has 0 aromatic heterocycles. The van der Waals surface area contributed by atoms with Crippen molar-refractivity contribution in [2.24, 2.45) is 17.8 Å². The molecule has 0 radical (unpaired) electrons. The molecule has 1 fully saturated rings. The number of rotatable bonds is 3. The summed E-state index contributed by atoms with van der Waals surface area (Å²) in [6.45, 7) is 12.8. The first-order valence-corrected chi connectivity index (χ1v) is 6.63. The third kappa shape index (κ3) is 5.01. The maximum absolute atomic E-state index is 3.60. The average molecular weight is 211 g/mol. The van der Waals surface area contributed by atoms with Gasteiger partial charge in [0.25, 0.3) is 0 Å². The van der Waals surface area contributed by atoms with Gasteiger partial charge in [0, 0.05) is 5.54 Å². The van der Waals surface area contributed by atoms with Gasteiger partial charge in [0.1, 0.15) is 0 Å². The highest BCUT2D eigenvalue weighted by Gasteiger charge is 2.24. The second kappa shape index (κ2) is 5.34. The van der Waals surface area contributed by atoms with Gasteiger partial charge < -0.3 is 5.32 Å². The quantitative estimate of drug-likeness (QED) is 0.748. The smallest absolute Gasteiger partial charge is 0.00965 e. The van der Waals surface area contributed by atoms with Crippen LogP contribution < -0.4 is 5.32 Å². The van der Waals surface area contributed by atoms with E-state index < -0.39 is 0 Å². The molecule has 1 heteroatoms. The SMILES string of the molecule is CC1CCC(CCNC(C)(C)C)CC1C. The summed E-state index contributed by atoms with van der Waals surface area (Å²) in [5, 5.41) is 3.60. The Morgan fingerprint density at radius 1 is 1.07 bits per heavy atom. The lowest BCUT2D eigenvalue weighted by atomic mass is 9.75. The van der Waals surface area contributed by atoms with E-state index in [-0.39, 0.29) is 5.54 Å². The highest BCUT2D eigenvalue weighted by molar-refractivity contribution is 4.77. The highest BCUT2D eigenvalue weighted by atomic mass is 14.9. The largest absolute Gasteiger partial charge is 0.312 e. The second-order valence-corrected chi connectivity index (χ2v) is 6.60. The summed E-state index contributed by atoms with van der Waals surface area (Å²) >= 11 is 0. The summed E-state index contributed by atoms with van der Waals surface area (Å²) in [4.78, 5) is 0. The third-order valence-corrected chi connectivity index (χ3v) is 3.91. The molecule has 3 unspecified atom stereocenters. The minimum atomic E-state index is 0.285. The average Bonchev–Trinajstić information content (AvgIpc) is 2.09. The van der Waals surface area contributed by atoms with Crippen LogP contribution in [0, 0.1) is 17.8 Å². The molecule has 15 heavy (non-hydrogen) atoms. The van der Waals surface area contributed by atoms with Crippen molar-refractivity contribution in [3.63, 3.8) is 0 Å². The molecule has 1 rings (SSSR count). The molecule has 0 amide bonds. The predicted octanol–water partition coefficient (Wildman–Crippen LogP) is 3.84. The van der Waals surface area contributed by atoms with Crippen LogP contribution in [0.2, 0.25) is 0 Å². The summed E-state index contributed by atoms with van der Waals surface area (Å²) in [5.41, 5.74) is 0.285. The molecule has 3 atom stereocenters. The highest BCUT2D eigenvalue weighted by Crippen LogP contribution is 2.34. The summed E-state index contributed by atoms with van der Waals surface area (Å²) in [5.74, 6) is 2.88. The Balaban J connectivity index is 2.17. The summed E-state index contributed by atoms with van der Waals surface area (Å²) < 4.78 is 0. The lowest BCUT2D eigenvalue weighted by Crippen LogP contribution is -2.37. The van der Waals surface area contributed by atoms with E-state index in [1.54, 1.807) is 0 Å². The first-order valence-electron chi connectivity index (χ1n) is 6.63. The lowest BCUT2D eigenvalue weighted by molar-refractivity contribution is 0.197. The molecule has 90 valence electrons. The van der Waals surface area contributed by atoms with Gasteiger partial charge >= 0.3 is 0 Å². The molecule has 1 nitrogen and oxygen atoms in total. The molecule has 1 aliphatic carbocycles. The lowest BCUT2D eigenvalue weighted by Gasteiger charge is -2.32. The third-order valence-electron chi connectivity index (χ3n) is 3.91. The van der Waals surface area contributed by atoms with Crippen LogP contribution in [0.3, 0.4) is 0 Å². The molecule has 1 aliphatic rings. The maximum Gasteiger partial charge on any atom is 0.00965 e. The van der Waals surface area contributed by atoms with E-state index in [4.69, 9.17) is 0 Å². The van der Waals surface area contributed by atoms with Gasteiger partial charge in [-0.3, -0.25) is 0 Å². The minimum absolute atomic E-state index is 0.285. The van der Waals surface area contributed by atoms with Gasteiger partial charge in [-0.05, 0) is 57.9 Å². The Kier molecular flexibility index (Phi) is 4.64. The van der Waals surface area contributed by atoms with E-state index in [1.165, 1.54) is 32.2 Å². The Hall–Kier alpha value is -0.0400. The molecule has 0 bridgehead atoms. The van der Waals surface area contributed by atoms with Crippen molar-refractivity contribution in [3.8, 4) is 0 Å². The number of hydrogen-bond donors (Lipinski definition) is 1. The van der Waals surface area contributed by atoms with Crippen LogP contribution in [0.5, 0.6) is 0 Å². The minimum Gasteiger partial charge on any atom is -0.312 e. The first kappa shape index (κ1) is 13.0. The fourth-order valence-corrected chi connectivity index (χ4v) is 2.57. The first-order chi connectivity index (χ1) is 6.88. The zero-order chi connectivity index (χ0) is 11.5. The molecule has 1 N–H and O–H groups in total. The van der Waals surface area contributed by atoms with Gasteiger partial charge in [-0.25, -0.2) is 0 Å². The molecule has 0 aromatic rings.